The number of anilines is 1. The van der Waals surface area contributed by atoms with E-state index >= 15 is 0 Å². The fourth-order valence-corrected chi connectivity index (χ4v) is 3.96. The van der Waals surface area contributed by atoms with Crippen molar-refractivity contribution >= 4 is 11.8 Å². The van der Waals surface area contributed by atoms with Crippen molar-refractivity contribution in [1.82, 2.24) is 30.0 Å². The number of ether oxygens (including phenoxy) is 3. The summed E-state index contributed by atoms with van der Waals surface area (Å²) in [6.07, 6.45) is 4.76. The fourth-order valence-electron chi connectivity index (χ4n) is 3.96. The van der Waals surface area contributed by atoms with Gasteiger partial charge >= 0.3 is 0 Å². The van der Waals surface area contributed by atoms with Gasteiger partial charge in [0.25, 0.3) is 0 Å². The lowest BCUT2D eigenvalue weighted by atomic mass is 10.1. The lowest BCUT2D eigenvalue weighted by Gasteiger charge is -2.17. The summed E-state index contributed by atoms with van der Waals surface area (Å²) in [5, 5.41) is 7.70. The van der Waals surface area contributed by atoms with Gasteiger partial charge in [-0.3, -0.25) is 4.99 Å². The van der Waals surface area contributed by atoms with E-state index in [1.807, 2.05) is 32.0 Å². The first kappa shape index (κ1) is 26.6. The first-order chi connectivity index (χ1) is 18.4. The Hall–Kier alpha value is -4.41. The van der Waals surface area contributed by atoms with E-state index in [0.717, 1.165) is 48.5 Å². The van der Waals surface area contributed by atoms with Crippen LogP contribution in [0.25, 0.3) is 5.82 Å². The minimum atomic E-state index is 0.141. The molecule has 0 bridgehead atoms. The van der Waals surface area contributed by atoms with Crippen LogP contribution in [0.15, 0.2) is 53.4 Å². The largest absolute Gasteiger partial charge is 0.493 e. The van der Waals surface area contributed by atoms with Gasteiger partial charge in [0, 0.05) is 19.0 Å². The number of allylic oxidation sites excluding steroid dienone is 1. The highest BCUT2D eigenvalue weighted by Gasteiger charge is 2.16. The molecule has 0 spiro atoms. The molecule has 200 valence electrons. The minimum absolute atomic E-state index is 0.141. The molecule has 3 heterocycles. The summed E-state index contributed by atoms with van der Waals surface area (Å²) in [6, 6.07) is 7.44. The van der Waals surface area contributed by atoms with Gasteiger partial charge in [-0.05, 0) is 56.4 Å². The van der Waals surface area contributed by atoms with Gasteiger partial charge in [-0.1, -0.05) is 19.6 Å². The normalized spacial score (nSPS) is 13.7. The molecule has 0 saturated carbocycles. The van der Waals surface area contributed by atoms with Crippen LogP contribution in [0.2, 0.25) is 0 Å². The number of aryl methyl sites for hydroxylation is 1. The zero-order chi connectivity index (χ0) is 27.1. The minimum Gasteiger partial charge on any atom is -0.493 e. The van der Waals surface area contributed by atoms with Gasteiger partial charge in [0.2, 0.25) is 11.8 Å². The van der Waals surface area contributed by atoms with E-state index < -0.39 is 0 Å². The van der Waals surface area contributed by atoms with Crippen molar-refractivity contribution in [1.29, 1.82) is 0 Å². The fraction of sp³-hybridized carbons (Fsp3) is 0.370. The molecule has 4 rings (SSSR count). The number of benzene rings is 1. The summed E-state index contributed by atoms with van der Waals surface area (Å²) in [5.74, 6) is 4.27. The van der Waals surface area contributed by atoms with Crippen molar-refractivity contribution in [2.75, 3.05) is 26.0 Å². The first-order valence-electron chi connectivity index (χ1n) is 12.6. The summed E-state index contributed by atoms with van der Waals surface area (Å²) in [6.45, 7) is 11.2. The molecule has 1 aromatic carbocycles. The predicted octanol–water partition coefficient (Wildman–Crippen LogP) is 3.91. The summed E-state index contributed by atoms with van der Waals surface area (Å²) in [7, 11) is 1.61. The quantitative estimate of drug-likeness (QED) is 0.383. The second kappa shape index (κ2) is 12.2. The molecule has 11 nitrogen and oxygen atoms in total. The molecule has 0 saturated heterocycles. The first-order valence-corrected chi connectivity index (χ1v) is 12.6. The van der Waals surface area contributed by atoms with Crippen LogP contribution in [-0.2, 0) is 6.42 Å². The number of methoxy groups -OCH3 is 1. The van der Waals surface area contributed by atoms with Crippen molar-refractivity contribution in [3.63, 3.8) is 0 Å². The van der Waals surface area contributed by atoms with Crippen molar-refractivity contribution < 1.29 is 14.2 Å². The molecule has 3 N–H and O–H groups in total. The Morgan fingerprint density at radius 2 is 2.03 bits per heavy atom. The highest BCUT2D eigenvalue weighted by molar-refractivity contribution is 5.99. The predicted molar refractivity (Wildman–Crippen MR) is 146 cm³/mol. The van der Waals surface area contributed by atoms with Gasteiger partial charge < -0.3 is 25.3 Å². The number of amidine groups is 1. The van der Waals surface area contributed by atoms with Crippen LogP contribution in [0.4, 0.5) is 5.95 Å². The second-order valence-electron chi connectivity index (χ2n) is 8.68. The van der Waals surface area contributed by atoms with Gasteiger partial charge in [0.05, 0.1) is 19.4 Å². The Balaban J connectivity index is 1.57. The molecule has 0 atom stereocenters. The molecule has 0 fully saturated rings. The summed E-state index contributed by atoms with van der Waals surface area (Å²) in [5.41, 5.74) is 8.80. The Bertz CT molecular complexity index is 1360. The van der Waals surface area contributed by atoms with Gasteiger partial charge in [0.1, 0.15) is 23.7 Å². The van der Waals surface area contributed by atoms with E-state index in [4.69, 9.17) is 19.9 Å². The number of nitrogens with one attached hydrogen (secondary N) is 1. The average Bonchev–Trinajstić information content (AvgIpc) is 3.28. The second-order valence-corrected chi connectivity index (χ2v) is 8.68. The van der Waals surface area contributed by atoms with E-state index in [0.29, 0.717) is 47.9 Å². The molecule has 1 aliphatic rings. The molecule has 0 unspecified atom stereocenters. The monoisotopic (exact) mass is 518 g/mol. The third-order valence-corrected chi connectivity index (χ3v) is 5.82. The number of nitrogen functional groups attached to an aromatic ring is 1. The summed E-state index contributed by atoms with van der Waals surface area (Å²) in [4.78, 5) is 17.9. The zero-order valence-electron chi connectivity index (χ0n) is 22.3. The lowest BCUT2D eigenvalue weighted by molar-refractivity contribution is 0.310. The van der Waals surface area contributed by atoms with E-state index in [1.54, 1.807) is 31.0 Å². The van der Waals surface area contributed by atoms with Gasteiger partial charge in [0.15, 0.2) is 17.3 Å². The highest BCUT2D eigenvalue weighted by Crippen LogP contribution is 2.29. The van der Waals surface area contributed by atoms with Gasteiger partial charge in [-0.15, -0.1) is 5.10 Å². The number of nitrogens with zero attached hydrogens (tertiary/aromatic N) is 6. The third kappa shape index (κ3) is 6.47. The van der Waals surface area contributed by atoms with Crippen LogP contribution in [0.3, 0.4) is 0 Å². The molecule has 0 radical (unpaired) electrons. The number of aliphatic imine (C=N–C) groups is 1. The van der Waals surface area contributed by atoms with E-state index in [9.17, 15) is 0 Å². The number of hydrogen-bond donors (Lipinski definition) is 2. The average molecular weight is 519 g/mol. The molecular weight excluding hydrogens is 484 g/mol. The van der Waals surface area contributed by atoms with Crippen LogP contribution in [0, 0.1) is 6.92 Å². The van der Waals surface area contributed by atoms with Crippen LogP contribution in [-0.4, -0.2) is 50.8 Å². The lowest BCUT2D eigenvalue weighted by Crippen LogP contribution is -2.27. The molecule has 11 heteroatoms. The Kier molecular flexibility index (Phi) is 8.57. The molecule has 2 aromatic heterocycles. The molecule has 3 aromatic rings. The maximum atomic E-state index is 5.98. The van der Waals surface area contributed by atoms with Crippen LogP contribution in [0.1, 0.15) is 50.3 Å². The van der Waals surface area contributed by atoms with E-state index in [-0.39, 0.29) is 5.95 Å². The number of hydrogen-bond acceptors (Lipinski definition) is 10. The molecule has 38 heavy (non-hydrogen) atoms. The maximum absolute atomic E-state index is 5.98. The van der Waals surface area contributed by atoms with E-state index in [1.165, 1.54) is 0 Å². The molecule has 0 aliphatic carbocycles. The van der Waals surface area contributed by atoms with Gasteiger partial charge in [-0.2, -0.15) is 14.6 Å². The molecule has 1 aliphatic heterocycles. The van der Waals surface area contributed by atoms with E-state index in [2.05, 4.69) is 36.9 Å². The third-order valence-electron chi connectivity index (χ3n) is 5.82. The SMILES string of the molecule is C=C1CCCN=C1N/C(=C/Oc1cc(-n2nc(N)nc2Cc2ccc(OCC)c(OC)c2)nc(C)n1)CC. The van der Waals surface area contributed by atoms with Crippen LogP contribution in [0.5, 0.6) is 17.4 Å². The zero-order valence-corrected chi connectivity index (χ0v) is 22.3. The number of aromatic nitrogens is 5. The summed E-state index contributed by atoms with van der Waals surface area (Å²) < 4.78 is 18.6. The number of rotatable bonds is 10. The standard InChI is InChI=1S/C27H34N8O3/c1-6-20(32-26-17(3)9-8-12-29-26)16-38-25-15-24(30-18(4)31-25)35-23(33-27(28)34-35)14-19-10-11-21(37-7-2)22(13-19)36-5/h10-11,13,15-16H,3,6-9,12,14H2,1-2,4-5H3,(H2,28,34)(H,29,32)/b20-16+. The molecule has 0 amide bonds. The van der Waals surface area contributed by atoms with Crippen molar-refractivity contribution in [2.24, 2.45) is 4.99 Å². The van der Waals surface area contributed by atoms with Gasteiger partial charge in [-0.25, -0.2) is 4.98 Å². The Morgan fingerprint density at radius 3 is 2.76 bits per heavy atom. The molecular formula is C27H34N8O3. The highest BCUT2D eigenvalue weighted by atomic mass is 16.5. The smallest absolute Gasteiger partial charge is 0.240 e. The Labute approximate surface area is 222 Å². The topological polar surface area (TPSA) is 135 Å². The summed E-state index contributed by atoms with van der Waals surface area (Å²) >= 11 is 0. The van der Waals surface area contributed by atoms with Crippen LogP contribution >= 0.6 is 0 Å². The van der Waals surface area contributed by atoms with Crippen molar-refractivity contribution in [2.45, 2.75) is 46.5 Å². The van der Waals surface area contributed by atoms with Crippen molar-refractivity contribution in [3.05, 3.63) is 65.6 Å². The van der Waals surface area contributed by atoms with Crippen molar-refractivity contribution in [3.8, 4) is 23.2 Å². The number of nitrogens with two attached hydrogens (primary N) is 1. The maximum Gasteiger partial charge on any atom is 0.240 e. The Morgan fingerprint density at radius 1 is 1.18 bits per heavy atom. The van der Waals surface area contributed by atoms with Crippen LogP contribution < -0.4 is 25.3 Å².